The molecule has 1 atom stereocenters. The molecule has 3 rings (SSSR count). The van der Waals surface area contributed by atoms with Gasteiger partial charge in [-0.2, -0.15) is 13.5 Å². The summed E-state index contributed by atoms with van der Waals surface area (Å²) in [6.07, 6.45) is 2.50. The lowest BCUT2D eigenvalue weighted by molar-refractivity contribution is -0.122. The summed E-state index contributed by atoms with van der Waals surface area (Å²) in [5.41, 5.74) is 6.39. The van der Waals surface area contributed by atoms with Gasteiger partial charge in [0.25, 0.3) is 0 Å². The molecule has 0 aliphatic heterocycles. The Morgan fingerprint density at radius 2 is 1.56 bits per heavy atom. The number of aryl methyl sites for hydroxylation is 1. The van der Waals surface area contributed by atoms with E-state index in [4.69, 9.17) is 4.18 Å². The first-order chi connectivity index (χ1) is 16.1. The summed E-state index contributed by atoms with van der Waals surface area (Å²) in [7, 11) is -3.91. The van der Waals surface area contributed by atoms with E-state index in [0.717, 1.165) is 17.5 Å². The highest BCUT2D eigenvalue weighted by Gasteiger charge is 2.16. The highest BCUT2D eigenvalue weighted by Crippen LogP contribution is 2.20. The van der Waals surface area contributed by atoms with Crippen LogP contribution < -0.4 is 9.61 Å². The highest BCUT2D eigenvalue weighted by atomic mass is 32.2. The van der Waals surface area contributed by atoms with Crippen molar-refractivity contribution >= 4 is 22.2 Å². The Labute approximate surface area is 201 Å². The Hall–Kier alpha value is -3.45. The summed E-state index contributed by atoms with van der Waals surface area (Å²) >= 11 is 0. The molecule has 0 aliphatic rings. The summed E-state index contributed by atoms with van der Waals surface area (Å²) in [6, 6.07) is 20.9. The zero-order chi connectivity index (χ0) is 24.7. The molecule has 1 N–H and O–H groups in total. The molecule has 0 fully saturated rings. The number of carbonyl (C=O) groups is 1. The summed E-state index contributed by atoms with van der Waals surface area (Å²) in [6.45, 7) is 8.07. The van der Waals surface area contributed by atoms with Crippen LogP contribution in [-0.4, -0.2) is 20.5 Å². The van der Waals surface area contributed by atoms with E-state index >= 15 is 0 Å². The number of carbonyl (C=O) groups excluding carboxylic acids is 1. The maximum absolute atomic E-state index is 12.5. The molecule has 0 radical (unpaired) electrons. The molecular weight excluding hydrogens is 448 g/mol. The number of nitrogens with zero attached hydrogens (tertiary/aromatic N) is 1. The van der Waals surface area contributed by atoms with Gasteiger partial charge in [-0.15, -0.1) is 0 Å². The minimum absolute atomic E-state index is 0.0927. The SMILES string of the molecule is Cc1ccc(S(=O)(=O)Oc2ccc(C=NNC(=O)C(C)c3ccc(CC(C)C)cc3)cc2)cc1. The molecule has 0 bridgehead atoms. The quantitative estimate of drug-likeness (QED) is 0.260. The second-order valence-corrected chi connectivity index (χ2v) is 10.3. The lowest BCUT2D eigenvalue weighted by Crippen LogP contribution is -2.23. The van der Waals surface area contributed by atoms with Gasteiger partial charge in [0.15, 0.2) is 0 Å². The lowest BCUT2D eigenvalue weighted by Gasteiger charge is -2.11. The number of rotatable bonds is 9. The first kappa shape index (κ1) is 25.2. The molecule has 0 spiro atoms. The van der Waals surface area contributed by atoms with Crippen molar-refractivity contribution in [2.45, 2.75) is 44.9 Å². The van der Waals surface area contributed by atoms with Crippen LogP contribution in [0.2, 0.25) is 0 Å². The predicted octanol–water partition coefficient (Wildman–Crippen LogP) is 5.22. The van der Waals surface area contributed by atoms with Crippen LogP contribution >= 0.6 is 0 Å². The van der Waals surface area contributed by atoms with E-state index in [0.29, 0.717) is 11.5 Å². The first-order valence-corrected chi connectivity index (χ1v) is 12.6. The van der Waals surface area contributed by atoms with E-state index in [1.165, 1.54) is 36.0 Å². The minimum Gasteiger partial charge on any atom is -0.379 e. The van der Waals surface area contributed by atoms with E-state index in [1.807, 2.05) is 26.0 Å². The Kier molecular flexibility index (Phi) is 8.23. The van der Waals surface area contributed by atoms with Crippen molar-refractivity contribution in [3.05, 3.63) is 95.1 Å². The van der Waals surface area contributed by atoms with Crippen LogP contribution in [0.1, 0.15) is 48.9 Å². The number of benzene rings is 3. The fourth-order valence-corrected chi connectivity index (χ4v) is 4.25. The molecule has 3 aromatic rings. The normalized spacial score (nSPS) is 12.6. The number of amides is 1. The summed E-state index contributed by atoms with van der Waals surface area (Å²) in [4.78, 5) is 12.5. The number of hydrogen-bond acceptors (Lipinski definition) is 5. The molecule has 3 aromatic carbocycles. The van der Waals surface area contributed by atoms with Crippen LogP contribution in [0, 0.1) is 12.8 Å². The zero-order valence-electron chi connectivity index (χ0n) is 19.9. The molecule has 0 aliphatic carbocycles. The van der Waals surface area contributed by atoms with Crippen LogP contribution in [0.15, 0.2) is 82.8 Å². The Bertz CT molecular complexity index is 1230. The van der Waals surface area contributed by atoms with Crippen molar-refractivity contribution in [1.82, 2.24) is 5.43 Å². The van der Waals surface area contributed by atoms with Crippen LogP contribution in [0.5, 0.6) is 5.75 Å². The third-order valence-corrected chi connectivity index (χ3v) is 6.56. The summed E-state index contributed by atoms with van der Waals surface area (Å²) < 4.78 is 30.0. The van der Waals surface area contributed by atoms with Gasteiger partial charge in [0.2, 0.25) is 5.91 Å². The van der Waals surface area contributed by atoms with Gasteiger partial charge in [-0.05, 0) is 79.3 Å². The van der Waals surface area contributed by atoms with Crippen molar-refractivity contribution in [3.8, 4) is 5.75 Å². The predicted molar refractivity (Wildman–Crippen MR) is 135 cm³/mol. The molecule has 0 saturated heterocycles. The van der Waals surface area contributed by atoms with Gasteiger partial charge in [0.1, 0.15) is 10.6 Å². The largest absolute Gasteiger partial charge is 0.379 e. The standard InChI is InChI=1S/C27H30N2O4S/c1-19(2)17-22-7-11-24(12-8-22)21(4)27(30)29-28-18-23-9-13-25(14-10-23)33-34(31,32)26-15-5-20(3)6-16-26/h5-16,18-19,21H,17H2,1-4H3,(H,29,30). The molecule has 178 valence electrons. The van der Waals surface area contributed by atoms with Gasteiger partial charge in [-0.1, -0.05) is 55.8 Å². The molecule has 0 saturated carbocycles. The molecular formula is C27H30N2O4S. The van der Waals surface area contributed by atoms with E-state index < -0.39 is 10.1 Å². The minimum atomic E-state index is -3.91. The lowest BCUT2D eigenvalue weighted by atomic mass is 9.96. The fourth-order valence-electron chi connectivity index (χ4n) is 3.32. The number of hydrogen-bond donors (Lipinski definition) is 1. The molecule has 1 amide bonds. The molecule has 6 nitrogen and oxygen atoms in total. The van der Waals surface area contributed by atoms with Crippen molar-refractivity contribution in [2.75, 3.05) is 0 Å². The maximum Gasteiger partial charge on any atom is 0.339 e. The summed E-state index contributed by atoms with van der Waals surface area (Å²) in [5.74, 6) is 0.223. The Morgan fingerprint density at radius 3 is 2.15 bits per heavy atom. The zero-order valence-corrected chi connectivity index (χ0v) is 20.7. The van der Waals surface area contributed by atoms with Gasteiger partial charge >= 0.3 is 10.1 Å². The third-order valence-electron chi connectivity index (χ3n) is 5.30. The summed E-state index contributed by atoms with van der Waals surface area (Å²) in [5, 5.41) is 4.02. The topological polar surface area (TPSA) is 84.8 Å². The van der Waals surface area contributed by atoms with E-state index in [2.05, 4.69) is 36.5 Å². The van der Waals surface area contributed by atoms with Crippen molar-refractivity contribution in [2.24, 2.45) is 11.0 Å². The monoisotopic (exact) mass is 478 g/mol. The van der Waals surface area contributed by atoms with Crippen LogP contribution in [0.3, 0.4) is 0 Å². The van der Waals surface area contributed by atoms with Crippen LogP contribution in [-0.2, 0) is 21.3 Å². The van der Waals surface area contributed by atoms with Gasteiger partial charge in [0.05, 0.1) is 12.1 Å². The van der Waals surface area contributed by atoms with Crippen molar-refractivity contribution in [1.29, 1.82) is 0 Å². The van der Waals surface area contributed by atoms with Crippen LogP contribution in [0.25, 0.3) is 0 Å². The molecule has 0 heterocycles. The van der Waals surface area contributed by atoms with E-state index in [-0.39, 0.29) is 22.5 Å². The van der Waals surface area contributed by atoms with Gasteiger partial charge < -0.3 is 4.18 Å². The second kappa shape index (κ2) is 11.1. The fraction of sp³-hybridized carbons (Fsp3) is 0.259. The van der Waals surface area contributed by atoms with E-state index in [9.17, 15) is 13.2 Å². The number of nitrogens with one attached hydrogen (secondary N) is 1. The first-order valence-electron chi connectivity index (χ1n) is 11.2. The maximum atomic E-state index is 12.5. The average Bonchev–Trinajstić information content (AvgIpc) is 2.80. The van der Waals surface area contributed by atoms with Crippen LogP contribution in [0.4, 0.5) is 0 Å². The third kappa shape index (κ3) is 7.02. The van der Waals surface area contributed by atoms with Gasteiger partial charge in [-0.25, -0.2) is 5.43 Å². The highest BCUT2D eigenvalue weighted by molar-refractivity contribution is 7.87. The molecule has 34 heavy (non-hydrogen) atoms. The van der Waals surface area contributed by atoms with Crippen molar-refractivity contribution in [3.63, 3.8) is 0 Å². The Balaban J connectivity index is 1.55. The van der Waals surface area contributed by atoms with Gasteiger partial charge in [0, 0.05) is 0 Å². The van der Waals surface area contributed by atoms with Gasteiger partial charge in [-0.3, -0.25) is 4.79 Å². The van der Waals surface area contributed by atoms with E-state index in [1.54, 1.807) is 24.3 Å². The molecule has 1 unspecified atom stereocenters. The average molecular weight is 479 g/mol. The Morgan fingerprint density at radius 1 is 0.941 bits per heavy atom. The second-order valence-electron chi connectivity index (χ2n) is 8.72. The smallest absolute Gasteiger partial charge is 0.339 e. The van der Waals surface area contributed by atoms with Crippen molar-refractivity contribution < 1.29 is 17.4 Å². The molecule has 7 heteroatoms. The number of hydrazone groups is 1. The molecule has 0 aromatic heterocycles.